The number of ether oxygens (including phenoxy) is 1. The first kappa shape index (κ1) is 29.0. The number of nitrogens with two attached hydrogens (primary N) is 1. The number of benzene rings is 2. The molecule has 5 rings (SSSR count). The van der Waals surface area contributed by atoms with Gasteiger partial charge in [0.15, 0.2) is 11.9 Å². The number of esters is 1. The van der Waals surface area contributed by atoms with Gasteiger partial charge in [0.05, 0.1) is 12.2 Å². The molecule has 2 fully saturated rings. The molecule has 2 aromatic rings. The Morgan fingerprint density at radius 1 is 1.02 bits per heavy atom. The number of primary amides is 1. The van der Waals surface area contributed by atoms with Gasteiger partial charge in [-0.25, -0.2) is 4.79 Å². The van der Waals surface area contributed by atoms with Crippen molar-refractivity contribution >= 4 is 17.7 Å². The van der Waals surface area contributed by atoms with Crippen molar-refractivity contribution in [1.82, 2.24) is 0 Å². The smallest absolute Gasteiger partial charge is 0.338 e. The van der Waals surface area contributed by atoms with Crippen LogP contribution in [0.1, 0.15) is 77.6 Å². The highest BCUT2D eigenvalue weighted by atomic mass is 16.6. The van der Waals surface area contributed by atoms with E-state index >= 15 is 0 Å². The fourth-order valence-electron chi connectivity index (χ4n) is 7.75. The van der Waals surface area contributed by atoms with Gasteiger partial charge in [-0.2, -0.15) is 0 Å². The largest absolute Gasteiger partial charge is 0.508 e. The number of aliphatic hydroxyl groups excluding tert-OH is 3. The molecule has 0 heterocycles. The average Bonchev–Trinajstić information content (AvgIpc) is 3.28. The minimum atomic E-state index is -2.12. The van der Waals surface area contributed by atoms with Crippen LogP contribution in [-0.2, 0) is 33.8 Å². The maximum atomic E-state index is 12.9. The zero-order valence-electron chi connectivity index (χ0n) is 23.0. The Morgan fingerprint density at radius 2 is 1.76 bits per heavy atom. The minimum Gasteiger partial charge on any atom is -0.508 e. The quantitative estimate of drug-likeness (QED) is 0.259. The first-order valence-corrected chi connectivity index (χ1v) is 14.1. The van der Waals surface area contributed by atoms with Gasteiger partial charge in [-0.3, -0.25) is 9.59 Å². The Balaban J connectivity index is 1.24. The Hall–Kier alpha value is -3.47. The number of carbonyl (C=O) groups excluding carboxylic acids is 3. The zero-order chi connectivity index (χ0) is 29.6. The molecule has 0 saturated heterocycles. The number of aromatic hydroxyl groups is 2. The van der Waals surface area contributed by atoms with Crippen molar-refractivity contribution < 1.29 is 44.7 Å². The van der Waals surface area contributed by atoms with Crippen LogP contribution in [0.3, 0.4) is 0 Å². The number of hydrogen-bond acceptors (Lipinski definition) is 9. The molecule has 10 heteroatoms. The average molecular weight is 568 g/mol. The Morgan fingerprint density at radius 3 is 2.46 bits per heavy atom. The van der Waals surface area contributed by atoms with Crippen molar-refractivity contribution in [3.05, 3.63) is 58.1 Å². The van der Waals surface area contributed by atoms with Crippen LogP contribution in [0, 0.1) is 17.3 Å². The molecule has 0 spiro atoms. The lowest BCUT2D eigenvalue weighted by molar-refractivity contribution is -0.175. The van der Waals surface area contributed by atoms with Crippen LogP contribution >= 0.6 is 0 Å². The number of fused-ring (bicyclic) bond motifs is 5. The van der Waals surface area contributed by atoms with E-state index in [4.69, 9.17) is 10.5 Å². The van der Waals surface area contributed by atoms with Gasteiger partial charge in [0.2, 0.25) is 0 Å². The van der Waals surface area contributed by atoms with E-state index in [9.17, 15) is 39.9 Å². The second kappa shape index (κ2) is 11.1. The molecule has 7 N–H and O–H groups in total. The van der Waals surface area contributed by atoms with Crippen LogP contribution in [0.25, 0.3) is 0 Å². The summed E-state index contributed by atoms with van der Waals surface area (Å²) < 4.78 is 5.76. The maximum absolute atomic E-state index is 12.9. The van der Waals surface area contributed by atoms with Crippen molar-refractivity contribution in [2.24, 2.45) is 23.0 Å². The third-order valence-electron chi connectivity index (χ3n) is 9.88. The van der Waals surface area contributed by atoms with Gasteiger partial charge in [0.1, 0.15) is 23.7 Å². The monoisotopic (exact) mass is 567 g/mol. The molecule has 7 atom stereocenters. The van der Waals surface area contributed by atoms with Crippen LogP contribution in [0.2, 0.25) is 0 Å². The molecule has 3 aliphatic rings. The maximum Gasteiger partial charge on any atom is 0.338 e. The van der Waals surface area contributed by atoms with E-state index in [1.807, 2.05) is 12.1 Å². The predicted octanol–water partition coefficient (Wildman–Crippen LogP) is 1.99. The molecule has 0 aromatic heterocycles. The van der Waals surface area contributed by atoms with Gasteiger partial charge in [0.25, 0.3) is 5.91 Å². The normalized spacial score (nSPS) is 28.1. The first-order chi connectivity index (χ1) is 19.5. The molecule has 10 nitrogen and oxygen atoms in total. The fourth-order valence-corrected chi connectivity index (χ4v) is 7.75. The van der Waals surface area contributed by atoms with Crippen molar-refractivity contribution in [2.45, 2.75) is 82.7 Å². The molecule has 3 aliphatic carbocycles. The highest BCUT2D eigenvalue weighted by Crippen LogP contribution is 2.61. The van der Waals surface area contributed by atoms with E-state index in [0.29, 0.717) is 24.2 Å². The molecule has 7 unspecified atom stereocenters. The summed E-state index contributed by atoms with van der Waals surface area (Å²) in [6.07, 6.45) is -0.188. The molecule has 1 amide bonds. The summed E-state index contributed by atoms with van der Waals surface area (Å²) in [5.74, 6) is -2.25. The van der Waals surface area contributed by atoms with Gasteiger partial charge in [-0.05, 0) is 85.1 Å². The van der Waals surface area contributed by atoms with Crippen LogP contribution < -0.4 is 5.73 Å². The topological polar surface area (TPSA) is 188 Å². The first-order valence-electron chi connectivity index (χ1n) is 14.1. The zero-order valence-corrected chi connectivity index (χ0v) is 23.0. The Bertz CT molecular complexity index is 1370. The van der Waals surface area contributed by atoms with Crippen LogP contribution in [0.5, 0.6) is 11.5 Å². The standard InChI is InChI=1S/C31H37NO9/c1-31-11-10-20-19-7-5-18(34)12-15(19)4-6-21(20)22(31)8-9-24(31)41-30(40)28(38)27(37)23(35)13-16-2-3-17(14-33)25(26(16)36)29(32)39/h2-3,5,7,12,20-22,24,27-28,33-34,36-38H,4,6,8-11,13-14H2,1H3,(H2,32,39). The minimum absolute atomic E-state index is 0.0483. The van der Waals surface area contributed by atoms with E-state index in [2.05, 4.69) is 6.92 Å². The summed E-state index contributed by atoms with van der Waals surface area (Å²) >= 11 is 0. The number of hydrogen-bond donors (Lipinski definition) is 6. The third-order valence-corrected chi connectivity index (χ3v) is 9.88. The lowest BCUT2D eigenvalue weighted by atomic mass is 9.55. The van der Waals surface area contributed by atoms with Crippen LogP contribution in [0.15, 0.2) is 30.3 Å². The van der Waals surface area contributed by atoms with Crippen molar-refractivity contribution in [1.29, 1.82) is 0 Å². The van der Waals surface area contributed by atoms with Crippen LogP contribution in [0.4, 0.5) is 0 Å². The Kier molecular flexibility index (Phi) is 7.84. The van der Waals surface area contributed by atoms with Crippen molar-refractivity contribution in [2.75, 3.05) is 0 Å². The molecule has 2 saturated carbocycles. The van der Waals surface area contributed by atoms with Gasteiger partial charge >= 0.3 is 5.97 Å². The molecule has 0 radical (unpaired) electrons. The second-order valence-corrected chi connectivity index (χ2v) is 12.0. The number of Topliss-reactive ketones (excluding diaryl/α,β-unsaturated/α-hetero) is 1. The SMILES string of the molecule is CC12CCC3c4ccc(O)cc4CCC3C1CCC2OC(=O)C(O)C(O)C(=O)Cc1ccc(CO)c(C(N)=O)c1O. The van der Waals surface area contributed by atoms with E-state index < -0.39 is 54.7 Å². The summed E-state index contributed by atoms with van der Waals surface area (Å²) in [4.78, 5) is 37.4. The van der Waals surface area contributed by atoms with Gasteiger partial charge < -0.3 is 36.0 Å². The molecule has 0 bridgehead atoms. The molecule has 0 aliphatic heterocycles. The summed E-state index contributed by atoms with van der Waals surface area (Å²) in [7, 11) is 0. The summed E-state index contributed by atoms with van der Waals surface area (Å²) in [6, 6.07) is 8.24. The molecule has 220 valence electrons. The predicted molar refractivity (Wildman–Crippen MR) is 146 cm³/mol. The van der Waals surface area contributed by atoms with Gasteiger partial charge in [0, 0.05) is 17.4 Å². The van der Waals surface area contributed by atoms with E-state index in [-0.39, 0.29) is 27.9 Å². The van der Waals surface area contributed by atoms with E-state index in [1.165, 1.54) is 23.3 Å². The fraction of sp³-hybridized carbons (Fsp3) is 0.516. The summed E-state index contributed by atoms with van der Waals surface area (Å²) in [5.41, 5.74) is 7.15. The highest BCUT2D eigenvalue weighted by molar-refractivity contribution is 5.98. The van der Waals surface area contributed by atoms with Crippen molar-refractivity contribution in [3.63, 3.8) is 0 Å². The molecular formula is C31H37NO9. The van der Waals surface area contributed by atoms with Gasteiger partial charge in [-0.1, -0.05) is 25.1 Å². The van der Waals surface area contributed by atoms with Crippen molar-refractivity contribution in [3.8, 4) is 11.5 Å². The summed E-state index contributed by atoms with van der Waals surface area (Å²) in [5, 5.41) is 50.7. The summed E-state index contributed by atoms with van der Waals surface area (Å²) in [6.45, 7) is 1.56. The second-order valence-electron chi connectivity index (χ2n) is 12.0. The number of aliphatic hydroxyl groups is 3. The molecule has 2 aromatic carbocycles. The number of ketones is 1. The van der Waals surface area contributed by atoms with Gasteiger partial charge in [-0.15, -0.1) is 0 Å². The number of carbonyl (C=O) groups is 3. The molecular weight excluding hydrogens is 530 g/mol. The van der Waals surface area contributed by atoms with E-state index in [1.54, 1.807) is 6.07 Å². The molecule has 41 heavy (non-hydrogen) atoms. The number of amides is 1. The number of phenols is 2. The highest BCUT2D eigenvalue weighted by Gasteiger charge is 2.56. The lowest BCUT2D eigenvalue weighted by Gasteiger charge is -2.50. The Labute approximate surface area is 237 Å². The number of rotatable bonds is 8. The third kappa shape index (κ3) is 5.09. The number of aryl methyl sites for hydroxylation is 1. The van der Waals surface area contributed by atoms with E-state index in [0.717, 1.165) is 32.1 Å². The van der Waals surface area contributed by atoms with Crippen LogP contribution in [-0.4, -0.2) is 61.5 Å². The lowest BCUT2D eigenvalue weighted by Crippen LogP contribution is -2.47. The number of phenolic OH excluding ortho intramolecular Hbond substituents is 1.